The molecule has 0 aliphatic heterocycles. The first kappa shape index (κ1) is 11.6. The average Bonchev–Trinajstić information content (AvgIpc) is 2.45. The Hall–Kier alpha value is -0.890. The molecule has 0 amide bonds. The van der Waals surface area contributed by atoms with E-state index < -0.39 is 5.60 Å². The topological polar surface area (TPSA) is 20.2 Å². The van der Waals surface area contributed by atoms with Crippen LogP contribution in [0.15, 0.2) is 24.3 Å². The lowest BCUT2D eigenvalue weighted by Crippen LogP contribution is -2.41. The van der Waals surface area contributed by atoms with E-state index in [1.54, 1.807) is 12.1 Å². The number of halogens is 1. The molecule has 1 aromatic carbocycles. The Morgan fingerprint density at radius 1 is 1.19 bits per heavy atom. The summed E-state index contributed by atoms with van der Waals surface area (Å²) >= 11 is 0. The highest BCUT2D eigenvalue weighted by Gasteiger charge is 2.47. The van der Waals surface area contributed by atoms with E-state index in [2.05, 4.69) is 13.8 Å². The van der Waals surface area contributed by atoms with Crippen LogP contribution < -0.4 is 0 Å². The fraction of sp³-hybridized carbons (Fsp3) is 0.571. The molecule has 1 saturated carbocycles. The fourth-order valence-corrected chi connectivity index (χ4v) is 2.66. The van der Waals surface area contributed by atoms with Crippen LogP contribution in [-0.4, -0.2) is 10.7 Å². The SMILES string of the molecule is CC1(C)CCCC1(O)Cc1ccc(F)cc1. The van der Waals surface area contributed by atoms with Crippen molar-refractivity contribution in [3.63, 3.8) is 0 Å². The minimum absolute atomic E-state index is 0.0403. The third-order valence-electron chi connectivity index (χ3n) is 4.06. The van der Waals surface area contributed by atoms with Crippen LogP contribution in [0.1, 0.15) is 38.7 Å². The zero-order valence-electron chi connectivity index (χ0n) is 9.96. The maximum Gasteiger partial charge on any atom is 0.123 e. The normalized spacial score (nSPS) is 28.2. The van der Waals surface area contributed by atoms with Crippen LogP contribution >= 0.6 is 0 Å². The van der Waals surface area contributed by atoms with Crippen molar-refractivity contribution in [1.29, 1.82) is 0 Å². The van der Waals surface area contributed by atoms with Crippen molar-refractivity contribution in [1.82, 2.24) is 0 Å². The van der Waals surface area contributed by atoms with E-state index in [9.17, 15) is 9.50 Å². The van der Waals surface area contributed by atoms with Gasteiger partial charge in [-0.05, 0) is 42.4 Å². The van der Waals surface area contributed by atoms with Gasteiger partial charge in [-0.15, -0.1) is 0 Å². The summed E-state index contributed by atoms with van der Waals surface area (Å²) in [6.07, 6.45) is 3.60. The molecule has 1 atom stereocenters. The van der Waals surface area contributed by atoms with Gasteiger partial charge in [0, 0.05) is 6.42 Å². The number of aliphatic hydroxyl groups is 1. The second kappa shape index (κ2) is 3.85. The van der Waals surface area contributed by atoms with Gasteiger partial charge in [0.05, 0.1) is 5.60 Å². The fourth-order valence-electron chi connectivity index (χ4n) is 2.66. The van der Waals surface area contributed by atoms with Gasteiger partial charge < -0.3 is 5.11 Å². The molecule has 0 radical (unpaired) electrons. The summed E-state index contributed by atoms with van der Waals surface area (Å²) in [5.74, 6) is -0.221. The predicted octanol–water partition coefficient (Wildman–Crippen LogP) is 3.31. The van der Waals surface area contributed by atoms with Crippen molar-refractivity contribution in [2.75, 3.05) is 0 Å². The maximum atomic E-state index is 12.8. The van der Waals surface area contributed by atoms with Crippen molar-refractivity contribution >= 4 is 0 Å². The molecule has 1 aliphatic rings. The minimum Gasteiger partial charge on any atom is -0.389 e. The molecule has 1 nitrogen and oxygen atoms in total. The lowest BCUT2D eigenvalue weighted by molar-refractivity contribution is -0.0419. The Kier molecular flexibility index (Phi) is 2.79. The molecule has 1 N–H and O–H groups in total. The van der Waals surface area contributed by atoms with Crippen molar-refractivity contribution in [3.8, 4) is 0 Å². The maximum absolute atomic E-state index is 12.8. The Morgan fingerprint density at radius 2 is 1.81 bits per heavy atom. The number of hydrogen-bond donors (Lipinski definition) is 1. The van der Waals surface area contributed by atoms with Gasteiger partial charge in [0.15, 0.2) is 0 Å². The summed E-state index contributed by atoms with van der Waals surface area (Å²) in [5, 5.41) is 10.6. The summed E-state index contributed by atoms with van der Waals surface area (Å²) in [6.45, 7) is 4.23. The Labute approximate surface area is 96.3 Å². The first-order valence-electron chi connectivity index (χ1n) is 5.90. The molecule has 0 spiro atoms. The average molecular weight is 222 g/mol. The lowest BCUT2D eigenvalue weighted by Gasteiger charge is -2.37. The summed E-state index contributed by atoms with van der Waals surface area (Å²) in [4.78, 5) is 0. The zero-order valence-corrected chi connectivity index (χ0v) is 9.96. The highest BCUT2D eigenvalue weighted by molar-refractivity contribution is 5.20. The molecule has 0 bridgehead atoms. The van der Waals surface area contributed by atoms with Gasteiger partial charge in [-0.1, -0.05) is 26.0 Å². The van der Waals surface area contributed by atoms with Gasteiger partial charge in [-0.2, -0.15) is 0 Å². The standard InChI is InChI=1S/C14H19FO/c1-13(2)8-3-9-14(13,16)10-11-4-6-12(15)7-5-11/h4-7,16H,3,8-10H2,1-2H3. The molecule has 88 valence electrons. The predicted molar refractivity (Wildman–Crippen MR) is 62.7 cm³/mol. The molecule has 2 heteroatoms. The Balaban J connectivity index is 2.18. The van der Waals surface area contributed by atoms with Crippen molar-refractivity contribution < 1.29 is 9.50 Å². The largest absolute Gasteiger partial charge is 0.389 e. The summed E-state index contributed by atoms with van der Waals surface area (Å²) in [6, 6.07) is 6.45. The van der Waals surface area contributed by atoms with E-state index in [4.69, 9.17) is 0 Å². The number of benzene rings is 1. The van der Waals surface area contributed by atoms with E-state index in [-0.39, 0.29) is 11.2 Å². The second-order valence-corrected chi connectivity index (χ2v) is 5.57. The highest BCUT2D eigenvalue weighted by Crippen LogP contribution is 2.47. The Morgan fingerprint density at radius 3 is 2.31 bits per heavy atom. The molecule has 1 aliphatic carbocycles. The molecular weight excluding hydrogens is 203 g/mol. The highest BCUT2D eigenvalue weighted by atomic mass is 19.1. The molecule has 2 rings (SSSR count). The summed E-state index contributed by atoms with van der Waals surface area (Å²) in [7, 11) is 0. The lowest BCUT2D eigenvalue weighted by atomic mass is 9.74. The van der Waals surface area contributed by atoms with Crippen molar-refractivity contribution in [2.24, 2.45) is 5.41 Å². The first-order chi connectivity index (χ1) is 7.43. The van der Waals surface area contributed by atoms with Crippen LogP contribution in [0.4, 0.5) is 4.39 Å². The van der Waals surface area contributed by atoms with Gasteiger partial charge in [-0.3, -0.25) is 0 Å². The first-order valence-corrected chi connectivity index (χ1v) is 5.90. The van der Waals surface area contributed by atoms with Gasteiger partial charge in [0.2, 0.25) is 0 Å². The molecular formula is C14H19FO. The monoisotopic (exact) mass is 222 g/mol. The van der Waals surface area contributed by atoms with Crippen LogP contribution in [0, 0.1) is 11.2 Å². The van der Waals surface area contributed by atoms with Crippen LogP contribution in [0.25, 0.3) is 0 Å². The van der Waals surface area contributed by atoms with Gasteiger partial charge in [-0.25, -0.2) is 4.39 Å². The second-order valence-electron chi connectivity index (χ2n) is 5.57. The summed E-state index contributed by atoms with van der Waals surface area (Å²) < 4.78 is 12.8. The van der Waals surface area contributed by atoms with Crippen molar-refractivity contribution in [3.05, 3.63) is 35.6 Å². The molecule has 1 unspecified atom stereocenters. The number of rotatable bonds is 2. The van der Waals surface area contributed by atoms with Crippen molar-refractivity contribution in [2.45, 2.75) is 45.1 Å². The smallest absolute Gasteiger partial charge is 0.123 e. The third-order valence-corrected chi connectivity index (χ3v) is 4.06. The van der Waals surface area contributed by atoms with Crippen LogP contribution in [0.2, 0.25) is 0 Å². The van der Waals surface area contributed by atoms with Crippen LogP contribution in [-0.2, 0) is 6.42 Å². The number of hydrogen-bond acceptors (Lipinski definition) is 1. The van der Waals surface area contributed by atoms with Crippen LogP contribution in [0.3, 0.4) is 0 Å². The van der Waals surface area contributed by atoms with Gasteiger partial charge in [0.25, 0.3) is 0 Å². The molecule has 0 saturated heterocycles. The Bertz CT molecular complexity index is 369. The zero-order chi connectivity index (χ0) is 11.8. The van der Waals surface area contributed by atoms with E-state index >= 15 is 0 Å². The molecule has 0 heterocycles. The van der Waals surface area contributed by atoms with E-state index in [1.807, 2.05) is 0 Å². The molecule has 1 aromatic rings. The minimum atomic E-state index is -0.634. The molecule has 16 heavy (non-hydrogen) atoms. The molecule has 0 aromatic heterocycles. The van der Waals surface area contributed by atoms with E-state index in [0.717, 1.165) is 24.8 Å². The van der Waals surface area contributed by atoms with Crippen LogP contribution in [0.5, 0.6) is 0 Å². The van der Waals surface area contributed by atoms with E-state index in [0.29, 0.717) is 6.42 Å². The van der Waals surface area contributed by atoms with Gasteiger partial charge in [0.1, 0.15) is 5.82 Å². The van der Waals surface area contributed by atoms with E-state index in [1.165, 1.54) is 12.1 Å². The molecule has 1 fully saturated rings. The summed E-state index contributed by atoms with van der Waals surface area (Å²) in [5.41, 5.74) is 0.338. The quantitative estimate of drug-likeness (QED) is 0.814. The third kappa shape index (κ3) is 1.99. The van der Waals surface area contributed by atoms with Gasteiger partial charge >= 0.3 is 0 Å².